The van der Waals surface area contributed by atoms with Crippen LogP contribution in [0.15, 0.2) is 47.6 Å². The molecule has 2 N–H and O–H groups in total. The maximum absolute atomic E-state index is 12.1. The monoisotopic (exact) mass is 398 g/mol. The largest absolute Gasteiger partial charge is 0.545 e. The molecule has 0 saturated heterocycles. The molecule has 2 aromatic rings. The van der Waals surface area contributed by atoms with Crippen molar-refractivity contribution >= 4 is 29.7 Å². The molecule has 0 aromatic heterocycles. The summed E-state index contributed by atoms with van der Waals surface area (Å²) in [7, 11) is 0. The number of carbonyl (C=O) groups is 3. The number of hydrogen-bond donors (Lipinski definition) is 2. The average Bonchev–Trinajstić information content (AvgIpc) is 2.70. The molecule has 9 nitrogen and oxygen atoms in total. The number of nitrogens with zero attached hydrogens (tertiary/aromatic N) is 1. The number of ether oxygens (including phenoxy) is 2. The van der Waals surface area contributed by atoms with Crippen LogP contribution in [0.5, 0.6) is 11.5 Å². The van der Waals surface area contributed by atoms with E-state index in [0.717, 1.165) is 0 Å². The lowest BCUT2D eigenvalue weighted by Gasteiger charge is -2.11. The van der Waals surface area contributed by atoms with E-state index in [-0.39, 0.29) is 5.56 Å². The van der Waals surface area contributed by atoms with Gasteiger partial charge in [-0.25, -0.2) is 5.43 Å². The molecule has 0 aliphatic heterocycles. The number of nitrogens with one attached hydrogen (secondary N) is 2. The first-order chi connectivity index (χ1) is 14.0. The molecule has 9 heteroatoms. The van der Waals surface area contributed by atoms with Gasteiger partial charge in [-0.2, -0.15) is 5.10 Å². The number of hydrazone groups is 1. The lowest BCUT2D eigenvalue weighted by Crippen LogP contribution is -2.32. The number of amides is 2. The normalized spacial score (nSPS) is 10.4. The van der Waals surface area contributed by atoms with Crippen molar-refractivity contribution < 1.29 is 29.0 Å². The lowest BCUT2D eigenvalue weighted by molar-refractivity contribution is -0.255. The van der Waals surface area contributed by atoms with Gasteiger partial charge in [0.2, 0.25) is 0 Å². The molecule has 0 aliphatic carbocycles. The summed E-state index contributed by atoms with van der Waals surface area (Å²) in [5, 5.41) is 17.1. The van der Waals surface area contributed by atoms with Crippen molar-refractivity contribution in [3.63, 3.8) is 0 Å². The lowest BCUT2D eigenvalue weighted by atomic mass is 10.1. The first kappa shape index (κ1) is 21.4. The van der Waals surface area contributed by atoms with Gasteiger partial charge in [-0.15, -0.1) is 0 Å². The van der Waals surface area contributed by atoms with Crippen LogP contribution in [0.25, 0.3) is 0 Å². The molecule has 0 radical (unpaired) electrons. The van der Waals surface area contributed by atoms with Gasteiger partial charge in [-0.3, -0.25) is 9.59 Å². The predicted octanol–water partition coefficient (Wildman–Crippen LogP) is 0.936. The van der Waals surface area contributed by atoms with Crippen molar-refractivity contribution in [3.8, 4) is 11.5 Å². The summed E-state index contributed by atoms with van der Waals surface area (Å²) in [5.41, 5.74) is 2.65. The van der Waals surface area contributed by atoms with E-state index in [0.29, 0.717) is 36.0 Å². The minimum atomic E-state index is -1.36. The maximum Gasteiger partial charge on any atom is 0.329 e. The number of aromatic carboxylic acids is 1. The molecule has 2 aromatic carbocycles. The Bertz CT molecular complexity index is 926. The molecule has 2 rings (SSSR count). The topological polar surface area (TPSA) is 129 Å². The van der Waals surface area contributed by atoms with E-state index in [1.54, 1.807) is 38.1 Å². The number of carbonyl (C=O) groups excluding carboxylic acids is 3. The zero-order chi connectivity index (χ0) is 21.2. The smallest absolute Gasteiger partial charge is 0.329 e. The fourth-order valence-electron chi connectivity index (χ4n) is 2.30. The second-order valence-electron chi connectivity index (χ2n) is 5.56. The summed E-state index contributed by atoms with van der Waals surface area (Å²) >= 11 is 0. The van der Waals surface area contributed by atoms with Crippen LogP contribution in [-0.4, -0.2) is 37.2 Å². The Kier molecular flexibility index (Phi) is 7.72. The number of anilines is 1. The van der Waals surface area contributed by atoms with Gasteiger partial charge in [0.25, 0.3) is 0 Å². The van der Waals surface area contributed by atoms with Crippen molar-refractivity contribution in [3.05, 3.63) is 53.6 Å². The van der Waals surface area contributed by atoms with Crippen LogP contribution in [0.2, 0.25) is 0 Å². The van der Waals surface area contributed by atoms with Gasteiger partial charge >= 0.3 is 11.8 Å². The summed E-state index contributed by atoms with van der Waals surface area (Å²) in [6.07, 6.45) is 1.18. The molecule has 2 amide bonds. The van der Waals surface area contributed by atoms with Crippen LogP contribution >= 0.6 is 0 Å². The van der Waals surface area contributed by atoms with Crippen molar-refractivity contribution in [2.24, 2.45) is 5.10 Å². The van der Waals surface area contributed by atoms with Gasteiger partial charge in [0.15, 0.2) is 0 Å². The summed E-state index contributed by atoms with van der Waals surface area (Å²) < 4.78 is 10.8. The zero-order valence-corrected chi connectivity index (χ0v) is 15.9. The van der Waals surface area contributed by atoms with Gasteiger partial charge in [0, 0.05) is 5.56 Å². The van der Waals surface area contributed by atoms with E-state index in [1.807, 2.05) is 0 Å². The highest BCUT2D eigenvalue weighted by Gasteiger charge is 2.15. The van der Waals surface area contributed by atoms with Crippen LogP contribution in [-0.2, 0) is 9.59 Å². The molecule has 0 saturated carbocycles. The number of para-hydroxylation sites is 2. The number of carboxylic acids is 1. The first-order valence-electron chi connectivity index (χ1n) is 8.80. The quantitative estimate of drug-likeness (QED) is 0.387. The Balaban J connectivity index is 2.06. The number of hydrogen-bond acceptors (Lipinski definition) is 7. The number of carboxylic acid groups (broad SMARTS) is 1. The third-order valence-corrected chi connectivity index (χ3v) is 3.56. The summed E-state index contributed by atoms with van der Waals surface area (Å²) in [5.74, 6) is -2.52. The zero-order valence-electron chi connectivity index (χ0n) is 15.9. The Labute approximate surface area is 167 Å². The fourth-order valence-corrected chi connectivity index (χ4v) is 2.30. The Hall–Kier alpha value is -3.88. The van der Waals surface area contributed by atoms with E-state index in [4.69, 9.17) is 9.47 Å². The van der Waals surface area contributed by atoms with Crippen LogP contribution in [0.4, 0.5) is 5.69 Å². The third kappa shape index (κ3) is 6.06. The second kappa shape index (κ2) is 10.5. The minimum Gasteiger partial charge on any atom is -0.545 e. The molecular weight excluding hydrogens is 378 g/mol. The highest BCUT2D eigenvalue weighted by molar-refractivity contribution is 6.39. The molecule has 0 bridgehead atoms. The van der Waals surface area contributed by atoms with Crippen LogP contribution in [0, 0.1) is 0 Å². The second-order valence-corrected chi connectivity index (χ2v) is 5.56. The van der Waals surface area contributed by atoms with E-state index < -0.39 is 17.8 Å². The summed E-state index contributed by atoms with van der Waals surface area (Å²) in [6, 6.07) is 10.8. The molecule has 0 unspecified atom stereocenters. The highest BCUT2D eigenvalue weighted by Crippen LogP contribution is 2.23. The fraction of sp³-hybridized carbons (Fsp3) is 0.200. The maximum atomic E-state index is 12.1. The molecule has 0 atom stereocenters. The standard InChI is InChI=1S/C20H21N3O6/c1-3-28-16-10-9-13(20(26)27)11-14(16)12-21-23-19(25)18(24)22-15-7-5-6-8-17(15)29-4-2/h5-12H,3-4H2,1-2H3,(H,22,24)(H,23,25)(H,26,27)/p-1/b21-12-. The molecule has 152 valence electrons. The van der Waals surface area contributed by atoms with Crippen molar-refractivity contribution in [2.75, 3.05) is 18.5 Å². The molecule has 0 fully saturated rings. The van der Waals surface area contributed by atoms with Crippen molar-refractivity contribution in [1.29, 1.82) is 0 Å². The van der Waals surface area contributed by atoms with Gasteiger partial charge in [-0.1, -0.05) is 12.1 Å². The minimum absolute atomic E-state index is 0.0773. The van der Waals surface area contributed by atoms with Crippen molar-refractivity contribution in [1.82, 2.24) is 5.43 Å². The Morgan fingerprint density at radius 3 is 2.38 bits per heavy atom. The molecule has 0 heterocycles. The summed E-state index contributed by atoms with van der Waals surface area (Å²) in [6.45, 7) is 4.31. The van der Waals surface area contributed by atoms with Crippen LogP contribution < -0.4 is 25.3 Å². The number of benzene rings is 2. The predicted molar refractivity (Wildman–Crippen MR) is 104 cm³/mol. The van der Waals surface area contributed by atoms with Gasteiger partial charge in [-0.05, 0) is 49.7 Å². The molecule has 29 heavy (non-hydrogen) atoms. The van der Waals surface area contributed by atoms with E-state index >= 15 is 0 Å². The molecular formula is C20H20N3O6-. The Morgan fingerprint density at radius 2 is 1.69 bits per heavy atom. The van der Waals surface area contributed by atoms with E-state index in [2.05, 4.69) is 15.8 Å². The number of rotatable bonds is 8. The average molecular weight is 398 g/mol. The molecule has 0 aliphatic rings. The summed E-state index contributed by atoms with van der Waals surface area (Å²) in [4.78, 5) is 35.1. The third-order valence-electron chi connectivity index (χ3n) is 3.56. The first-order valence-corrected chi connectivity index (χ1v) is 8.80. The van der Waals surface area contributed by atoms with E-state index in [1.165, 1.54) is 24.4 Å². The van der Waals surface area contributed by atoms with Crippen molar-refractivity contribution in [2.45, 2.75) is 13.8 Å². The van der Waals surface area contributed by atoms with Gasteiger partial charge < -0.3 is 24.7 Å². The van der Waals surface area contributed by atoms with Gasteiger partial charge in [0.1, 0.15) is 11.5 Å². The van der Waals surface area contributed by atoms with Crippen LogP contribution in [0.3, 0.4) is 0 Å². The van der Waals surface area contributed by atoms with Crippen LogP contribution in [0.1, 0.15) is 29.8 Å². The van der Waals surface area contributed by atoms with Gasteiger partial charge in [0.05, 0.1) is 31.1 Å². The van der Waals surface area contributed by atoms with E-state index in [9.17, 15) is 19.5 Å². The molecule has 0 spiro atoms. The SMILES string of the molecule is CCOc1ccc(C(=O)[O-])cc1/C=N\NC(=O)C(=O)Nc1ccccc1OCC. The Morgan fingerprint density at radius 1 is 1.00 bits per heavy atom. The highest BCUT2D eigenvalue weighted by atomic mass is 16.5.